The Hall–Kier alpha value is 0.1000. The maximum Gasteiger partial charge on any atom is 0.0580 e. The highest BCUT2D eigenvalue weighted by Crippen LogP contribution is 2.25. The molecule has 94 valence electrons. The van der Waals surface area contributed by atoms with Gasteiger partial charge in [0.05, 0.1) is 6.10 Å². The van der Waals surface area contributed by atoms with Gasteiger partial charge in [0, 0.05) is 22.0 Å². The van der Waals surface area contributed by atoms with Crippen LogP contribution in [-0.2, 0) is 6.54 Å². The van der Waals surface area contributed by atoms with Crippen LogP contribution in [0.5, 0.6) is 0 Å². The van der Waals surface area contributed by atoms with Crippen molar-refractivity contribution < 1.29 is 5.11 Å². The van der Waals surface area contributed by atoms with E-state index >= 15 is 0 Å². The van der Waals surface area contributed by atoms with Gasteiger partial charge in [-0.15, -0.1) is 0 Å². The van der Waals surface area contributed by atoms with E-state index in [0.717, 1.165) is 41.3 Å². The molecule has 1 aromatic rings. The fraction of sp³-hybridized carbons (Fsp3) is 0.538. The van der Waals surface area contributed by atoms with Crippen LogP contribution in [0, 0.1) is 5.92 Å². The van der Waals surface area contributed by atoms with Crippen molar-refractivity contribution in [3.63, 3.8) is 0 Å². The van der Waals surface area contributed by atoms with Crippen molar-refractivity contribution in [3.8, 4) is 0 Å². The average Bonchev–Trinajstić information content (AvgIpc) is 2.70. The van der Waals surface area contributed by atoms with Crippen LogP contribution in [-0.4, -0.2) is 17.8 Å². The Morgan fingerprint density at radius 1 is 1.24 bits per heavy atom. The molecule has 2 atom stereocenters. The Balaban J connectivity index is 1.79. The first-order valence-electron chi connectivity index (χ1n) is 5.99. The van der Waals surface area contributed by atoms with E-state index in [2.05, 4.69) is 49.3 Å². The molecule has 2 rings (SSSR count). The summed E-state index contributed by atoms with van der Waals surface area (Å²) >= 11 is 6.96. The fourth-order valence-electron chi connectivity index (χ4n) is 2.31. The predicted octanol–water partition coefficient (Wildman–Crippen LogP) is 3.46. The molecule has 0 spiro atoms. The smallest absolute Gasteiger partial charge is 0.0580 e. The molecule has 1 saturated carbocycles. The third kappa shape index (κ3) is 3.78. The van der Waals surface area contributed by atoms with E-state index in [1.54, 1.807) is 0 Å². The van der Waals surface area contributed by atoms with Crippen LogP contribution in [0.2, 0.25) is 0 Å². The van der Waals surface area contributed by atoms with Crippen LogP contribution in [0.15, 0.2) is 27.1 Å². The SMILES string of the molecule is OC1CCCC1CNCc1ccc(Br)c(Br)c1. The van der Waals surface area contributed by atoms with Gasteiger partial charge in [-0.1, -0.05) is 12.5 Å². The average molecular weight is 363 g/mol. The molecule has 0 amide bonds. The minimum atomic E-state index is -0.0980. The molecule has 17 heavy (non-hydrogen) atoms. The molecule has 2 nitrogen and oxygen atoms in total. The van der Waals surface area contributed by atoms with E-state index in [1.165, 1.54) is 5.56 Å². The Morgan fingerprint density at radius 2 is 2.06 bits per heavy atom. The summed E-state index contributed by atoms with van der Waals surface area (Å²) in [5, 5.41) is 13.1. The molecule has 2 N–H and O–H groups in total. The lowest BCUT2D eigenvalue weighted by Crippen LogP contribution is -2.27. The first-order chi connectivity index (χ1) is 8.16. The standard InChI is InChI=1S/C13H17Br2NO/c14-11-5-4-9(6-12(11)15)7-16-8-10-2-1-3-13(10)17/h4-6,10,13,16-17H,1-3,7-8H2. The van der Waals surface area contributed by atoms with Crippen LogP contribution in [0.25, 0.3) is 0 Å². The highest BCUT2D eigenvalue weighted by Gasteiger charge is 2.24. The van der Waals surface area contributed by atoms with Crippen molar-refractivity contribution in [2.45, 2.75) is 31.9 Å². The van der Waals surface area contributed by atoms with Crippen molar-refractivity contribution in [2.75, 3.05) is 6.54 Å². The van der Waals surface area contributed by atoms with Gasteiger partial charge in [0.2, 0.25) is 0 Å². The van der Waals surface area contributed by atoms with Gasteiger partial charge in [0.25, 0.3) is 0 Å². The van der Waals surface area contributed by atoms with Crippen LogP contribution in [0.4, 0.5) is 0 Å². The third-order valence-electron chi connectivity index (χ3n) is 3.34. The Kier molecular flexibility index (Phi) is 5.03. The molecule has 0 saturated heterocycles. The quantitative estimate of drug-likeness (QED) is 0.859. The largest absolute Gasteiger partial charge is 0.393 e. The highest BCUT2D eigenvalue weighted by atomic mass is 79.9. The Labute approximate surface area is 119 Å². The van der Waals surface area contributed by atoms with Gasteiger partial charge < -0.3 is 10.4 Å². The fourth-order valence-corrected chi connectivity index (χ4v) is 2.98. The van der Waals surface area contributed by atoms with E-state index in [0.29, 0.717) is 5.92 Å². The first-order valence-corrected chi connectivity index (χ1v) is 7.58. The zero-order valence-electron chi connectivity index (χ0n) is 9.63. The second-order valence-corrected chi connectivity index (χ2v) is 6.35. The molecule has 0 radical (unpaired) electrons. The van der Waals surface area contributed by atoms with Crippen LogP contribution < -0.4 is 5.32 Å². The summed E-state index contributed by atoms with van der Waals surface area (Å²) in [6.07, 6.45) is 3.19. The number of nitrogens with one attached hydrogen (secondary N) is 1. The molecular formula is C13H17Br2NO. The van der Waals surface area contributed by atoms with E-state index in [9.17, 15) is 5.11 Å². The van der Waals surface area contributed by atoms with Crippen LogP contribution in [0.1, 0.15) is 24.8 Å². The van der Waals surface area contributed by atoms with Gasteiger partial charge in [0.15, 0.2) is 0 Å². The monoisotopic (exact) mass is 361 g/mol. The molecule has 0 aliphatic heterocycles. The lowest BCUT2D eigenvalue weighted by atomic mass is 10.1. The van der Waals surface area contributed by atoms with E-state index in [-0.39, 0.29) is 6.10 Å². The van der Waals surface area contributed by atoms with Gasteiger partial charge in [-0.25, -0.2) is 0 Å². The van der Waals surface area contributed by atoms with E-state index in [1.807, 2.05) is 6.07 Å². The lowest BCUT2D eigenvalue weighted by Gasteiger charge is -2.15. The normalized spacial score (nSPS) is 24.2. The first kappa shape index (κ1) is 13.5. The summed E-state index contributed by atoms with van der Waals surface area (Å²) in [6, 6.07) is 6.26. The molecule has 1 aliphatic rings. The van der Waals surface area contributed by atoms with Crippen molar-refractivity contribution in [1.29, 1.82) is 0 Å². The van der Waals surface area contributed by atoms with E-state index in [4.69, 9.17) is 0 Å². The number of halogens is 2. The third-order valence-corrected chi connectivity index (χ3v) is 5.22. The number of aliphatic hydroxyl groups is 1. The van der Waals surface area contributed by atoms with Gasteiger partial charge in [-0.05, 0) is 68.3 Å². The summed E-state index contributed by atoms with van der Waals surface area (Å²) in [5.74, 6) is 0.439. The molecule has 0 aromatic heterocycles. The van der Waals surface area contributed by atoms with Gasteiger partial charge in [-0.2, -0.15) is 0 Å². The van der Waals surface area contributed by atoms with Crippen molar-refractivity contribution in [2.24, 2.45) is 5.92 Å². The van der Waals surface area contributed by atoms with Crippen molar-refractivity contribution in [1.82, 2.24) is 5.32 Å². The zero-order chi connectivity index (χ0) is 12.3. The summed E-state index contributed by atoms with van der Waals surface area (Å²) < 4.78 is 2.16. The molecule has 0 heterocycles. The number of hydrogen-bond acceptors (Lipinski definition) is 2. The molecule has 2 unspecified atom stereocenters. The second-order valence-electron chi connectivity index (χ2n) is 4.64. The van der Waals surface area contributed by atoms with Crippen LogP contribution >= 0.6 is 31.9 Å². The second kappa shape index (κ2) is 6.32. The molecule has 1 aliphatic carbocycles. The summed E-state index contributed by atoms with van der Waals surface area (Å²) in [7, 11) is 0. The maximum absolute atomic E-state index is 9.71. The van der Waals surface area contributed by atoms with Crippen LogP contribution in [0.3, 0.4) is 0 Å². The summed E-state index contributed by atoms with van der Waals surface area (Å²) in [5.41, 5.74) is 1.26. The molecule has 1 fully saturated rings. The Bertz CT molecular complexity index is 384. The number of hydrogen-bond donors (Lipinski definition) is 2. The zero-order valence-corrected chi connectivity index (χ0v) is 12.8. The molecular weight excluding hydrogens is 346 g/mol. The van der Waals surface area contributed by atoms with Gasteiger partial charge in [-0.3, -0.25) is 0 Å². The van der Waals surface area contributed by atoms with Crippen molar-refractivity contribution in [3.05, 3.63) is 32.7 Å². The number of aliphatic hydroxyl groups excluding tert-OH is 1. The molecule has 4 heteroatoms. The predicted molar refractivity (Wildman–Crippen MR) is 76.9 cm³/mol. The molecule has 1 aromatic carbocycles. The Morgan fingerprint density at radius 3 is 2.71 bits per heavy atom. The number of rotatable bonds is 4. The summed E-state index contributed by atoms with van der Waals surface area (Å²) in [4.78, 5) is 0. The topological polar surface area (TPSA) is 32.3 Å². The number of benzene rings is 1. The van der Waals surface area contributed by atoms with Gasteiger partial charge in [0.1, 0.15) is 0 Å². The molecule has 0 bridgehead atoms. The summed E-state index contributed by atoms with van der Waals surface area (Å²) in [6.45, 7) is 1.77. The minimum absolute atomic E-state index is 0.0980. The maximum atomic E-state index is 9.71. The van der Waals surface area contributed by atoms with Gasteiger partial charge >= 0.3 is 0 Å². The minimum Gasteiger partial charge on any atom is -0.393 e. The lowest BCUT2D eigenvalue weighted by molar-refractivity contribution is 0.131. The highest BCUT2D eigenvalue weighted by molar-refractivity contribution is 9.13. The van der Waals surface area contributed by atoms with Crippen molar-refractivity contribution >= 4 is 31.9 Å². The van der Waals surface area contributed by atoms with E-state index < -0.39 is 0 Å².